The molecule has 1 heterocycles. The summed E-state index contributed by atoms with van der Waals surface area (Å²) in [6, 6.07) is 8.51. The molecule has 0 aliphatic rings. The molecule has 5 nitrogen and oxygen atoms in total. The van der Waals surface area contributed by atoms with Crippen LogP contribution in [0.3, 0.4) is 0 Å². The predicted molar refractivity (Wildman–Crippen MR) is 63.0 cm³/mol. The molecule has 0 saturated heterocycles. The molecule has 2 rings (SSSR count). The summed E-state index contributed by atoms with van der Waals surface area (Å²) in [7, 11) is 0. The number of pyridine rings is 1. The molecule has 0 spiro atoms. The molecular weight excluding hydrogens is 218 g/mol. The van der Waals surface area contributed by atoms with Crippen LogP contribution in [0.5, 0.6) is 11.5 Å². The van der Waals surface area contributed by atoms with Gasteiger partial charge in [0.15, 0.2) is 4.87 Å². The first-order chi connectivity index (χ1) is 8.16. The predicted octanol–water partition coefficient (Wildman–Crippen LogP) is 2.47. The topological polar surface area (TPSA) is 68.2 Å². The zero-order chi connectivity index (χ0) is 12.3. The molecule has 1 aromatic heterocycles. The summed E-state index contributed by atoms with van der Waals surface area (Å²) in [5.41, 5.74) is 1.23. The van der Waals surface area contributed by atoms with Gasteiger partial charge in [-0.1, -0.05) is 0 Å². The molecule has 0 unspecified atom stereocenters. The molecule has 1 aromatic carbocycles. The van der Waals surface area contributed by atoms with Crippen LogP contribution in [0.4, 0.5) is 5.69 Å². The van der Waals surface area contributed by atoms with Crippen molar-refractivity contribution in [3.63, 3.8) is 0 Å². The molecule has 5 heteroatoms. The van der Waals surface area contributed by atoms with Gasteiger partial charge in [0.2, 0.25) is 0 Å². The van der Waals surface area contributed by atoms with Gasteiger partial charge in [-0.25, -0.2) is 0 Å². The highest BCUT2D eigenvalue weighted by Gasteiger charge is 2.11. The molecule has 0 aliphatic carbocycles. The Hall–Kier alpha value is -2.43. The van der Waals surface area contributed by atoms with Crippen molar-refractivity contribution in [2.45, 2.75) is 6.92 Å². The van der Waals surface area contributed by atoms with Crippen LogP contribution in [0.1, 0.15) is 5.56 Å². The fourth-order valence-corrected chi connectivity index (χ4v) is 1.42. The Morgan fingerprint density at radius 2 is 1.94 bits per heavy atom. The Morgan fingerprint density at radius 3 is 2.53 bits per heavy atom. The van der Waals surface area contributed by atoms with Crippen LogP contribution in [0.25, 0.3) is 0 Å². The molecule has 0 saturated carbocycles. The minimum atomic E-state index is 0.323. The number of hydrogen-bond acceptors (Lipinski definition) is 3. The van der Waals surface area contributed by atoms with Crippen LogP contribution in [-0.4, -0.2) is 9.85 Å². The quantitative estimate of drug-likeness (QED) is 0.499. The number of nitrogens with zero attached hydrogens (tertiary/aromatic N) is 2. The lowest BCUT2D eigenvalue weighted by atomic mass is 10.2. The fraction of sp³-hybridized carbons (Fsp3) is 0.0833. The molecule has 0 amide bonds. The number of nitroso groups, excluding NO2 is 1. The normalized spacial score (nSPS) is 9.94. The first-order valence-corrected chi connectivity index (χ1v) is 5.07. The standard InChI is InChI=1S/C12H12N3O2/c1-9-8-10(15(13)16)2-3-12(9)17-11-4-6-14-7-5-11/h2-8H,1H3,(H2,13,16)/q+1. The maximum Gasteiger partial charge on any atom is 0.292 e. The highest BCUT2D eigenvalue weighted by molar-refractivity contribution is 5.44. The van der Waals surface area contributed by atoms with Crippen molar-refractivity contribution in [3.05, 3.63) is 53.2 Å². The van der Waals surface area contributed by atoms with E-state index in [-0.39, 0.29) is 0 Å². The van der Waals surface area contributed by atoms with Gasteiger partial charge in [0, 0.05) is 24.5 Å². The third-order valence-corrected chi connectivity index (χ3v) is 2.29. The second kappa shape index (κ2) is 4.61. The lowest BCUT2D eigenvalue weighted by Crippen LogP contribution is -2.08. The van der Waals surface area contributed by atoms with Gasteiger partial charge in [0.05, 0.1) is 4.91 Å². The summed E-state index contributed by atoms with van der Waals surface area (Å²) in [4.78, 5) is 15.1. The molecule has 0 aliphatic heterocycles. The van der Waals surface area contributed by atoms with Gasteiger partial charge in [-0.2, -0.15) is 5.84 Å². The summed E-state index contributed by atoms with van der Waals surface area (Å²) in [5, 5.41) is 0. The van der Waals surface area contributed by atoms with Gasteiger partial charge in [-0.05, 0) is 30.7 Å². The molecule has 17 heavy (non-hydrogen) atoms. The van der Waals surface area contributed by atoms with E-state index in [9.17, 15) is 4.91 Å². The SMILES string of the molecule is Cc1cc([N+](N)=O)ccc1Oc1ccncc1. The summed E-state index contributed by atoms with van der Waals surface area (Å²) < 4.78 is 5.64. The van der Waals surface area contributed by atoms with Crippen LogP contribution >= 0.6 is 0 Å². The smallest absolute Gasteiger partial charge is 0.292 e. The summed E-state index contributed by atoms with van der Waals surface area (Å²) >= 11 is 0. The molecular formula is C12H12N3O2+. The van der Waals surface area contributed by atoms with Crippen molar-refractivity contribution in [3.8, 4) is 11.5 Å². The van der Waals surface area contributed by atoms with Gasteiger partial charge in [0.25, 0.3) is 5.69 Å². The number of ether oxygens (including phenoxy) is 1. The first-order valence-electron chi connectivity index (χ1n) is 5.07. The second-order valence-corrected chi connectivity index (χ2v) is 3.56. The number of hydrogen-bond donors (Lipinski definition) is 1. The van der Waals surface area contributed by atoms with Gasteiger partial charge in [-0.3, -0.25) is 4.98 Å². The first kappa shape index (κ1) is 11.1. The third kappa shape index (κ3) is 2.57. The molecule has 2 N–H and O–H groups in total. The Balaban J connectivity index is 2.26. The van der Waals surface area contributed by atoms with E-state index >= 15 is 0 Å². The zero-order valence-electron chi connectivity index (χ0n) is 9.33. The van der Waals surface area contributed by atoms with Gasteiger partial charge in [-0.15, -0.1) is 0 Å². The van der Waals surface area contributed by atoms with E-state index in [1.807, 2.05) is 6.92 Å². The Morgan fingerprint density at radius 1 is 1.24 bits per heavy atom. The van der Waals surface area contributed by atoms with Crippen molar-refractivity contribution in [2.75, 3.05) is 0 Å². The average Bonchev–Trinajstić information content (AvgIpc) is 2.33. The van der Waals surface area contributed by atoms with Gasteiger partial charge < -0.3 is 4.74 Å². The van der Waals surface area contributed by atoms with Crippen molar-refractivity contribution < 1.29 is 9.61 Å². The average molecular weight is 230 g/mol. The maximum atomic E-state index is 10.9. The van der Waals surface area contributed by atoms with Crippen molar-refractivity contribution in [1.29, 1.82) is 0 Å². The van der Waals surface area contributed by atoms with Crippen LogP contribution in [-0.2, 0) is 0 Å². The number of aromatic nitrogens is 1. The lowest BCUT2D eigenvalue weighted by molar-refractivity contribution is -0.474. The monoisotopic (exact) mass is 230 g/mol. The van der Waals surface area contributed by atoms with Crippen molar-refractivity contribution >= 4 is 5.69 Å². The molecule has 86 valence electrons. The van der Waals surface area contributed by atoms with Crippen molar-refractivity contribution in [1.82, 2.24) is 4.98 Å². The van der Waals surface area contributed by atoms with E-state index in [1.165, 1.54) is 0 Å². The maximum absolute atomic E-state index is 10.9. The number of rotatable bonds is 3. The number of hydrazine groups is 1. The summed E-state index contributed by atoms with van der Waals surface area (Å²) in [6.07, 6.45) is 3.30. The highest BCUT2D eigenvalue weighted by atomic mass is 16.5. The summed E-state index contributed by atoms with van der Waals surface area (Å²) in [6.45, 7) is 1.85. The Kier molecular flexibility index (Phi) is 3.00. The highest BCUT2D eigenvalue weighted by Crippen LogP contribution is 2.27. The number of aryl methyl sites for hydroxylation is 1. The minimum absolute atomic E-state index is 0.323. The van der Waals surface area contributed by atoms with E-state index in [0.29, 0.717) is 22.1 Å². The molecule has 0 atom stereocenters. The molecule has 0 bridgehead atoms. The molecule has 0 fully saturated rings. The van der Waals surface area contributed by atoms with E-state index in [1.54, 1.807) is 42.7 Å². The lowest BCUT2D eigenvalue weighted by Gasteiger charge is -2.07. The number of nitrogens with two attached hydrogens (primary N) is 1. The summed E-state index contributed by atoms with van der Waals surface area (Å²) in [5.74, 6) is 6.49. The minimum Gasteiger partial charge on any atom is -0.457 e. The van der Waals surface area contributed by atoms with E-state index in [0.717, 1.165) is 5.56 Å². The Labute approximate surface area is 98.4 Å². The van der Waals surface area contributed by atoms with E-state index in [4.69, 9.17) is 10.6 Å². The van der Waals surface area contributed by atoms with E-state index in [2.05, 4.69) is 4.98 Å². The van der Waals surface area contributed by atoms with Crippen molar-refractivity contribution in [2.24, 2.45) is 5.84 Å². The van der Waals surface area contributed by atoms with Crippen LogP contribution < -0.4 is 10.6 Å². The van der Waals surface area contributed by atoms with Crippen LogP contribution in [0.2, 0.25) is 0 Å². The van der Waals surface area contributed by atoms with Gasteiger partial charge >= 0.3 is 0 Å². The number of benzene rings is 1. The Bertz CT molecular complexity index is 541. The fourth-order valence-electron chi connectivity index (χ4n) is 1.42. The molecule has 2 aromatic rings. The third-order valence-electron chi connectivity index (χ3n) is 2.29. The zero-order valence-corrected chi connectivity index (χ0v) is 9.33. The van der Waals surface area contributed by atoms with Gasteiger partial charge in [0.1, 0.15) is 11.5 Å². The van der Waals surface area contributed by atoms with Crippen LogP contribution in [0.15, 0.2) is 42.7 Å². The second-order valence-electron chi connectivity index (χ2n) is 3.56. The van der Waals surface area contributed by atoms with E-state index < -0.39 is 0 Å². The van der Waals surface area contributed by atoms with Crippen LogP contribution in [0, 0.1) is 11.8 Å². The largest absolute Gasteiger partial charge is 0.457 e. The molecule has 0 radical (unpaired) electrons.